The van der Waals surface area contributed by atoms with Crippen LogP contribution in [0, 0.1) is 20.2 Å². The van der Waals surface area contributed by atoms with Gasteiger partial charge in [0.1, 0.15) is 0 Å². The number of hydrogen-bond acceptors (Lipinski definition) is 6. The zero-order valence-electron chi connectivity index (χ0n) is 15.5. The van der Waals surface area contributed by atoms with Gasteiger partial charge in [0.25, 0.3) is 22.4 Å². The van der Waals surface area contributed by atoms with Crippen LogP contribution in [0.15, 0.2) is 84.9 Å². The number of hydrogen-bond donors (Lipinski definition) is 2. The zero-order chi connectivity index (χ0) is 22.4. The third-order valence-corrected chi connectivity index (χ3v) is 3.34. The van der Waals surface area contributed by atoms with Crippen molar-refractivity contribution in [2.45, 2.75) is 0 Å². The van der Waals surface area contributed by atoms with Crippen LogP contribution in [0.2, 0.25) is 0 Å². The Morgan fingerprint density at radius 2 is 0.900 bits per heavy atom. The number of thiol groups is 1. The van der Waals surface area contributed by atoms with Gasteiger partial charge in [-0.15, -0.1) is 0 Å². The van der Waals surface area contributed by atoms with Crippen molar-refractivity contribution in [3.8, 4) is 0 Å². The van der Waals surface area contributed by atoms with Crippen LogP contribution < -0.4 is 0 Å². The molecule has 0 saturated carbocycles. The third-order valence-electron chi connectivity index (χ3n) is 3.34. The topological polar surface area (TPSA) is 141 Å². The van der Waals surface area contributed by atoms with Crippen molar-refractivity contribution in [3.05, 3.63) is 116 Å². The van der Waals surface area contributed by atoms with Gasteiger partial charge in [-0.05, 0) is 11.1 Å². The van der Waals surface area contributed by atoms with Crippen LogP contribution in [0.1, 0.15) is 11.1 Å². The first-order chi connectivity index (χ1) is 14.3. The van der Waals surface area contributed by atoms with Gasteiger partial charge >= 0.3 is 0 Å². The summed E-state index contributed by atoms with van der Waals surface area (Å²) < 4.78 is 24.2. The number of benzene rings is 3. The zero-order valence-corrected chi connectivity index (χ0v) is 16.4. The van der Waals surface area contributed by atoms with E-state index in [0.29, 0.717) is 0 Å². The van der Waals surface area contributed by atoms with Gasteiger partial charge in [0, 0.05) is 24.3 Å². The van der Waals surface area contributed by atoms with E-state index in [-0.39, 0.29) is 11.4 Å². The summed E-state index contributed by atoms with van der Waals surface area (Å²) >= 11 is 0. The third kappa shape index (κ3) is 10.4. The summed E-state index contributed by atoms with van der Waals surface area (Å²) in [5, 5.41) is 20.2. The summed E-state index contributed by atoms with van der Waals surface area (Å²) in [4.78, 5) is 19.0. The average Bonchev–Trinajstić information content (AvgIpc) is 2.74. The molecule has 0 saturated heterocycles. The molecule has 1 N–H and O–H groups in total. The molecule has 0 aliphatic heterocycles. The van der Waals surface area contributed by atoms with Gasteiger partial charge in [-0.1, -0.05) is 72.8 Å². The number of non-ortho nitro benzene ring substituents is 2. The second-order valence-corrected chi connectivity index (χ2v) is 5.90. The van der Waals surface area contributed by atoms with Crippen molar-refractivity contribution in [1.29, 1.82) is 0 Å². The Labute approximate surface area is 174 Å². The van der Waals surface area contributed by atoms with E-state index in [1.807, 2.05) is 36.4 Å². The predicted octanol–water partition coefficient (Wildman–Crippen LogP) is 4.43. The van der Waals surface area contributed by atoms with Gasteiger partial charge in [0.05, 0.1) is 9.85 Å². The Bertz CT molecular complexity index is 953. The molecule has 0 fully saturated rings. The van der Waals surface area contributed by atoms with Crippen molar-refractivity contribution < 1.29 is 22.8 Å². The lowest BCUT2D eigenvalue weighted by Crippen LogP contribution is -1.90. The Morgan fingerprint density at radius 1 is 0.633 bits per heavy atom. The summed E-state index contributed by atoms with van der Waals surface area (Å²) in [5.74, 6) is 0. The smallest absolute Gasteiger partial charge is 0.269 e. The minimum atomic E-state index is -3.12. The normalized spacial score (nSPS) is 9.80. The van der Waals surface area contributed by atoms with Crippen LogP contribution in [0.3, 0.4) is 0 Å². The molecule has 3 aromatic rings. The lowest BCUT2D eigenvalue weighted by Gasteiger charge is -1.92. The first-order valence-corrected chi connectivity index (χ1v) is 9.43. The maximum absolute atomic E-state index is 10.1. The van der Waals surface area contributed by atoms with Crippen LogP contribution >= 0.6 is 0 Å². The molecule has 0 aromatic heterocycles. The minimum absolute atomic E-state index is 0.152. The first-order valence-electron chi connectivity index (χ1n) is 8.30. The Hall–Kier alpha value is -3.89. The highest BCUT2D eigenvalue weighted by Gasteiger charge is 2.08. The fourth-order valence-electron chi connectivity index (χ4n) is 2.02. The molecule has 0 amide bonds. The standard InChI is InChI=1S/C14H12.C6H4N2O4.H2O3S/c1-3-7-13(8-4-1)11-12-14-9-5-2-6-10-14;9-7(10)5-1-2-6(4-3-5)8(11)12;1-4(2)3/h1-12H;1-4H;4H,(H,1,2,3). The van der Waals surface area contributed by atoms with E-state index >= 15 is 0 Å². The summed E-state index contributed by atoms with van der Waals surface area (Å²) in [5.41, 5.74) is 2.16. The lowest BCUT2D eigenvalue weighted by atomic mass is 10.1. The molecule has 10 heteroatoms. The summed E-state index contributed by atoms with van der Waals surface area (Å²) in [7, 11) is -3.12. The molecule has 156 valence electrons. The predicted molar refractivity (Wildman–Crippen MR) is 115 cm³/mol. The molecule has 0 atom stereocenters. The number of nitro benzene ring substituents is 2. The monoisotopic (exact) mass is 430 g/mol. The average molecular weight is 430 g/mol. The van der Waals surface area contributed by atoms with Crippen LogP contribution in [0.5, 0.6) is 0 Å². The lowest BCUT2D eigenvalue weighted by molar-refractivity contribution is -0.389. The maximum atomic E-state index is 10.1. The molecule has 0 bridgehead atoms. The molecule has 0 heterocycles. The number of rotatable bonds is 4. The molecule has 0 spiro atoms. The van der Waals surface area contributed by atoms with Crippen molar-refractivity contribution in [2.75, 3.05) is 0 Å². The molecule has 0 aliphatic carbocycles. The Morgan fingerprint density at radius 3 is 1.13 bits per heavy atom. The minimum Gasteiger partial charge on any atom is -0.288 e. The van der Waals surface area contributed by atoms with Crippen LogP contribution in [-0.2, 0) is 11.0 Å². The molecule has 9 nitrogen and oxygen atoms in total. The van der Waals surface area contributed by atoms with Crippen molar-refractivity contribution in [3.63, 3.8) is 0 Å². The SMILES string of the molecule is C(=Cc1ccccc1)c1ccccc1.O=[N+]([O-])c1ccc([N+](=O)[O-])cc1.O=[SH](=O)O. The van der Waals surface area contributed by atoms with E-state index in [4.69, 9.17) is 13.0 Å². The highest BCUT2D eigenvalue weighted by atomic mass is 32.2. The van der Waals surface area contributed by atoms with Crippen LogP contribution in [-0.4, -0.2) is 22.8 Å². The molecule has 0 aliphatic rings. The molecule has 3 rings (SSSR count). The van der Waals surface area contributed by atoms with E-state index in [0.717, 1.165) is 24.3 Å². The van der Waals surface area contributed by atoms with E-state index in [2.05, 4.69) is 36.4 Å². The van der Waals surface area contributed by atoms with Gasteiger partial charge < -0.3 is 0 Å². The van der Waals surface area contributed by atoms with Crippen molar-refractivity contribution >= 4 is 34.5 Å². The van der Waals surface area contributed by atoms with Crippen molar-refractivity contribution in [2.24, 2.45) is 0 Å². The fourth-order valence-corrected chi connectivity index (χ4v) is 2.02. The van der Waals surface area contributed by atoms with E-state index < -0.39 is 20.8 Å². The summed E-state index contributed by atoms with van der Waals surface area (Å²) in [6, 6.07) is 25.0. The van der Waals surface area contributed by atoms with Gasteiger partial charge in [-0.25, -0.2) is 8.42 Å². The first kappa shape index (κ1) is 24.1. The highest BCUT2D eigenvalue weighted by molar-refractivity contribution is 7.66. The van der Waals surface area contributed by atoms with E-state index in [1.54, 1.807) is 0 Å². The second kappa shape index (κ2) is 13.3. The maximum Gasteiger partial charge on any atom is 0.269 e. The van der Waals surface area contributed by atoms with Crippen LogP contribution in [0.4, 0.5) is 11.4 Å². The van der Waals surface area contributed by atoms with E-state index in [1.165, 1.54) is 11.1 Å². The summed E-state index contributed by atoms with van der Waals surface area (Å²) in [6.45, 7) is 0. The number of nitro groups is 2. The Balaban J connectivity index is 0.000000258. The summed E-state index contributed by atoms with van der Waals surface area (Å²) in [6.07, 6.45) is 4.24. The fraction of sp³-hybridized carbons (Fsp3) is 0. The quantitative estimate of drug-likeness (QED) is 0.205. The van der Waals surface area contributed by atoms with Crippen LogP contribution in [0.25, 0.3) is 12.2 Å². The second-order valence-electron chi connectivity index (χ2n) is 5.42. The molecular formula is C20H18N2O7S. The largest absolute Gasteiger partial charge is 0.288 e. The molecular weight excluding hydrogens is 412 g/mol. The van der Waals surface area contributed by atoms with Gasteiger partial charge in [-0.2, -0.15) is 0 Å². The van der Waals surface area contributed by atoms with Gasteiger partial charge in [0.15, 0.2) is 0 Å². The highest BCUT2D eigenvalue weighted by Crippen LogP contribution is 2.16. The number of nitrogens with zero attached hydrogens (tertiary/aromatic N) is 2. The van der Waals surface area contributed by atoms with Gasteiger partial charge in [-0.3, -0.25) is 24.8 Å². The molecule has 30 heavy (non-hydrogen) atoms. The molecule has 0 unspecified atom stereocenters. The van der Waals surface area contributed by atoms with Gasteiger partial charge in [0.2, 0.25) is 0 Å². The molecule has 3 aromatic carbocycles. The van der Waals surface area contributed by atoms with Crippen molar-refractivity contribution in [1.82, 2.24) is 0 Å². The Kier molecular flexibility index (Phi) is 10.7. The molecule has 0 radical (unpaired) electrons. The van der Waals surface area contributed by atoms with E-state index in [9.17, 15) is 20.2 Å².